The van der Waals surface area contributed by atoms with Gasteiger partial charge in [-0.15, -0.1) is 0 Å². The van der Waals surface area contributed by atoms with Crippen molar-refractivity contribution in [3.63, 3.8) is 0 Å². The molecule has 0 spiro atoms. The summed E-state index contributed by atoms with van der Waals surface area (Å²) in [6.07, 6.45) is 1.01. The topological polar surface area (TPSA) is 9.23 Å². The van der Waals surface area contributed by atoms with Gasteiger partial charge >= 0.3 is 0 Å². The molecule has 16 heavy (non-hydrogen) atoms. The number of hydrogen-bond donors (Lipinski definition) is 0. The minimum Gasteiger partial charge on any atom is -0.496 e. The summed E-state index contributed by atoms with van der Waals surface area (Å²) >= 11 is 3.49. The Morgan fingerprint density at radius 2 is 1.88 bits per heavy atom. The number of aryl methyl sites for hydroxylation is 2. The van der Waals surface area contributed by atoms with Gasteiger partial charge in [0, 0.05) is 10.9 Å². The van der Waals surface area contributed by atoms with E-state index in [-0.39, 0.29) is 5.41 Å². The molecule has 90 valence electrons. The monoisotopic (exact) mass is 284 g/mol. The Labute approximate surface area is 107 Å². The lowest BCUT2D eigenvalue weighted by Crippen LogP contribution is -2.14. The van der Waals surface area contributed by atoms with Gasteiger partial charge in [0.25, 0.3) is 0 Å². The smallest absolute Gasteiger partial charge is 0.125 e. The molecule has 1 rings (SSSR count). The van der Waals surface area contributed by atoms with Crippen molar-refractivity contribution in [1.29, 1.82) is 0 Å². The first-order chi connectivity index (χ1) is 7.40. The summed E-state index contributed by atoms with van der Waals surface area (Å²) in [5.74, 6) is 1.05. The van der Waals surface area contributed by atoms with E-state index in [0.717, 1.165) is 17.5 Å². The molecule has 0 unspecified atom stereocenters. The Balaban J connectivity index is 3.36. The third-order valence-electron chi connectivity index (χ3n) is 2.69. The molecule has 0 bridgehead atoms. The molecule has 0 saturated carbocycles. The third-order valence-corrected chi connectivity index (χ3v) is 3.08. The van der Waals surface area contributed by atoms with Gasteiger partial charge in [-0.1, -0.05) is 54.4 Å². The van der Waals surface area contributed by atoms with Crippen LogP contribution in [-0.4, -0.2) is 12.4 Å². The standard InChI is InChI=1S/C14H21BrO/c1-10-8-11(6-7-15)13(16-5)12(9-10)14(2,3)4/h8-9H,6-7H2,1-5H3. The normalized spacial score (nSPS) is 11.6. The second-order valence-corrected chi connectivity index (χ2v) is 5.99. The fourth-order valence-corrected chi connectivity index (χ4v) is 2.36. The van der Waals surface area contributed by atoms with Crippen LogP contribution in [0.2, 0.25) is 0 Å². The lowest BCUT2D eigenvalue weighted by atomic mass is 9.84. The summed E-state index contributed by atoms with van der Waals surface area (Å²) in [6.45, 7) is 8.82. The van der Waals surface area contributed by atoms with Gasteiger partial charge < -0.3 is 4.74 Å². The van der Waals surface area contributed by atoms with E-state index in [1.807, 2.05) is 0 Å². The van der Waals surface area contributed by atoms with Gasteiger partial charge in [-0.3, -0.25) is 0 Å². The van der Waals surface area contributed by atoms with Crippen LogP contribution in [-0.2, 0) is 11.8 Å². The summed E-state index contributed by atoms with van der Waals surface area (Å²) in [5.41, 5.74) is 4.02. The van der Waals surface area contributed by atoms with E-state index in [1.165, 1.54) is 16.7 Å². The molecule has 1 aromatic rings. The van der Waals surface area contributed by atoms with Gasteiger partial charge in [-0.2, -0.15) is 0 Å². The van der Waals surface area contributed by atoms with Gasteiger partial charge in [0.15, 0.2) is 0 Å². The lowest BCUT2D eigenvalue weighted by molar-refractivity contribution is 0.393. The highest BCUT2D eigenvalue weighted by atomic mass is 79.9. The predicted molar refractivity (Wildman–Crippen MR) is 73.9 cm³/mol. The number of halogens is 1. The summed E-state index contributed by atoms with van der Waals surface area (Å²) < 4.78 is 5.59. The number of methoxy groups -OCH3 is 1. The highest BCUT2D eigenvalue weighted by molar-refractivity contribution is 9.09. The Morgan fingerprint density at radius 1 is 1.25 bits per heavy atom. The molecule has 0 aliphatic rings. The zero-order valence-electron chi connectivity index (χ0n) is 10.9. The van der Waals surface area contributed by atoms with Crippen molar-refractivity contribution in [1.82, 2.24) is 0 Å². The fraction of sp³-hybridized carbons (Fsp3) is 0.571. The van der Waals surface area contributed by atoms with Gasteiger partial charge in [0.2, 0.25) is 0 Å². The highest BCUT2D eigenvalue weighted by Gasteiger charge is 2.21. The average molecular weight is 285 g/mol. The van der Waals surface area contributed by atoms with Crippen LogP contribution in [0.5, 0.6) is 5.75 Å². The summed E-state index contributed by atoms with van der Waals surface area (Å²) in [4.78, 5) is 0. The highest BCUT2D eigenvalue weighted by Crippen LogP contribution is 2.35. The Kier molecular flexibility index (Phi) is 4.43. The van der Waals surface area contributed by atoms with E-state index >= 15 is 0 Å². The van der Waals surface area contributed by atoms with Crippen molar-refractivity contribution in [3.05, 3.63) is 28.8 Å². The molecule has 0 saturated heterocycles. The minimum absolute atomic E-state index is 0.123. The van der Waals surface area contributed by atoms with Crippen LogP contribution >= 0.6 is 15.9 Å². The van der Waals surface area contributed by atoms with Crippen LogP contribution in [0.25, 0.3) is 0 Å². The van der Waals surface area contributed by atoms with Gasteiger partial charge in [-0.25, -0.2) is 0 Å². The molecule has 0 fully saturated rings. The summed E-state index contributed by atoms with van der Waals surface area (Å²) in [6, 6.07) is 4.45. The minimum atomic E-state index is 0.123. The molecule has 2 heteroatoms. The molecule has 0 atom stereocenters. The maximum atomic E-state index is 5.59. The molecular formula is C14H21BrO. The van der Waals surface area contributed by atoms with Crippen LogP contribution in [0.4, 0.5) is 0 Å². The van der Waals surface area contributed by atoms with E-state index in [0.29, 0.717) is 0 Å². The molecule has 0 N–H and O–H groups in total. The van der Waals surface area contributed by atoms with Crippen molar-refractivity contribution in [2.45, 2.75) is 39.5 Å². The second kappa shape index (κ2) is 5.22. The first-order valence-electron chi connectivity index (χ1n) is 5.64. The molecule has 1 nitrogen and oxygen atoms in total. The molecule has 1 aromatic carbocycles. The van der Waals surface area contributed by atoms with E-state index in [4.69, 9.17) is 4.74 Å². The fourth-order valence-electron chi connectivity index (χ4n) is 1.93. The predicted octanol–water partition coefficient (Wildman–Crippen LogP) is 4.24. The van der Waals surface area contributed by atoms with Gasteiger partial charge in [0.1, 0.15) is 5.75 Å². The summed E-state index contributed by atoms with van der Waals surface area (Å²) in [7, 11) is 1.76. The van der Waals surface area contributed by atoms with Crippen LogP contribution in [0, 0.1) is 6.92 Å². The summed E-state index contributed by atoms with van der Waals surface area (Å²) in [5, 5.41) is 0.969. The van der Waals surface area contributed by atoms with Crippen molar-refractivity contribution in [3.8, 4) is 5.75 Å². The number of benzene rings is 1. The average Bonchev–Trinajstić information content (AvgIpc) is 2.16. The Bertz CT molecular complexity index is 364. The van der Waals surface area contributed by atoms with Crippen molar-refractivity contribution >= 4 is 15.9 Å². The zero-order valence-corrected chi connectivity index (χ0v) is 12.4. The van der Waals surface area contributed by atoms with E-state index in [9.17, 15) is 0 Å². The maximum Gasteiger partial charge on any atom is 0.125 e. The largest absolute Gasteiger partial charge is 0.496 e. The molecule has 0 aliphatic heterocycles. The first kappa shape index (κ1) is 13.6. The molecular weight excluding hydrogens is 264 g/mol. The molecule has 0 aliphatic carbocycles. The first-order valence-corrected chi connectivity index (χ1v) is 6.76. The van der Waals surface area contributed by atoms with Crippen LogP contribution < -0.4 is 4.74 Å². The van der Waals surface area contributed by atoms with Crippen LogP contribution in [0.3, 0.4) is 0 Å². The maximum absolute atomic E-state index is 5.59. The molecule has 0 aromatic heterocycles. The molecule has 0 heterocycles. The van der Waals surface area contributed by atoms with Crippen molar-refractivity contribution in [2.24, 2.45) is 0 Å². The quantitative estimate of drug-likeness (QED) is 0.755. The van der Waals surface area contributed by atoms with E-state index in [1.54, 1.807) is 7.11 Å². The van der Waals surface area contributed by atoms with Gasteiger partial charge in [0.05, 0.1) is 7.11 Å². The number of alkyl halides is 1. The van der Waals surface area contributed by atoms with Crippen LogP contribution in [0.1, 0.15) is 37.5 Å². The number of ether oxygens (including phenoxy) is 1. The van der Waals surface area contributed by atoms with Crippen LogP contribution in [0.15, 0.2) is 12.1 Å². The third kappa shape index (κ3) is 3.00. The Morgan fingerprint density at radius 3 is 2.31 bits per heavy atom. The SMILES string of the molecule is COc1c(CCBr)cc(C)cc1C(C)(C)C. The number of hydrogen-bond acceptors (Lipinski definition) is 1. The van der Waals surface area contributed by atoms with Crippen molar-refractivity contribution in [2.75, 3.05) is 12.4 Å². The Hall–Kier alpha value is -0.500. The second-order valence-electron chi connectivity index (χ2n) is 5.19. The zero-order chi connectivity index (χ0) is 12.3. The lowest BCUT2D eigenvalue weighted by Gasteiger charge is -2.24. The van der Waals surface area contributed by atoms with Gasteiger partial charge in [-0.05, 0) is 24.3 Å². The number of rotatable bonds is 3. The molecule has 0 amide bonds. The van der Waals surface area contributed by atoms with Crippen molar-refractivity contribution < 1.29 is 4.74 Å². The van der Waals surface area contributed by atoms with E-state index < -0.39 is 0 Å². The van der Waals surface area contributed by atoms with E-state index in [2.05, 4.69) is 55.8 Å². The molecule has 0 radical (unpaired) electrons.